The van der Waals surface area contributed by atoms with Gasteiger partial charge in [-0.05, 0) is 25.1 Å². The van der Waals surface area contributed by atoms with Gasteiger partial charge in [0, 0.05) is 32.0 Å². The number of nitrogens with zero attached hydrogens (tertiary/aromatic N) is 2. The van der Waals surface area contributed by atoms with Gasteiger partial charge in [0.1, 0.15) is 0 Å². The molecule has 1 atom stereocenters. The molecular weight excluding hydrogens is 202 g/mol. The second-order valence-electron chi connectivity index (χ2n) is 4.51. The van der Waals surface area contributed by atoms with Gasteiger partial charge in [0.2, 0.25) is 0 Å². The Morgan fingerprint density at radius 2 is 2.50 bits per heavy atom. The van der Waals surface area contributed by atoms with Crippen molar-refractivity contribution in [3.8, 4) is 0 Å². The van der Waals surface area contributed by atoms with E-state index in [-0.39, 0.29) is 12.1 Å². The van der Waals surface area contributed by atoms with Crippen molar-refractivity contribution in [2.24, 2.45) is 0 Å². The number of aliphatic hydroxyl groups is 1. The summed E-state index contributed by atoms with van der Waals surface area (Å²) in [6.07, 6.45) is 4.69. The number of nitrogens with one attached hydrogen (secondary N) is 1. The maximum Gasteiger partial charge on any atom is 0.0626 e. The second kappa shape index (κ2) is 4.91. The van der Waals surface area contributed by atoms with Gasteiger partial charge in [0.15, 0.2) is 0 Å². The van der Waals surface area contributed by atoms with Crippen LogP contribution in [-0.4, -0.2) is 47.3 Å². The molecule has 0 amide bonds. The van der Waals surface area contributed by atoms with E-state index in [0.717, 1.165) is 26.1 Å². The first-order valence-electron chi connectivity index (χ1n) is 5.69. The van der Waals surface area contributed by atoms with Gasteiger partial charge < -0.3 is 10.4 Å². The molecule has 1 saturated heterocycles. The first kappa shape index (κ1) is 11.5. The minimum Gasteiger partial charge on any atom is -0.394 e. The van der Waals surface area contributed by atoms with E-state index in [0.29, 0.717) is 0 Å². The third-order valence-corrected chi connectivity index (χ3v) is 3.39. The molecule has 0 aromatic carbocycles. The van der Waals surface area contributed by atoms with Crippen molar-refractivity contribution in [2.75, 3.05) is 26.7 Å². The van der Waals surface area contributed by atoms with Crippen molar-refractivity contribution in [3.05, 3.63) is 30.1 Å². The van der Waals surface area contributed by atoms with E-state index >= 15 is 0 Å². The molecular formula is C12H19N3O. The van der Waals surface area contributed by atoms with E-state index in [1.165, 1.54) is 5.56 Å². The minimum absolute atomic E-state index is 0.109. The van der Waals surface area contributed by atoms with E-state index in [1.807, 2.05) is 19.3 Å². The molecule has 1 aromatic heterocycles. The van der Waals surface area contributed by atoms with Gasteiger partial charge in [0.25, 0.3) is 0 Å². The van der Waals surface area contributed by atoms with E-state index in [1.54, 1.807) is 6.20 Å². The van der Waals surface area contributed by atoms with Gasteiger partial charge in [-0.15, -0.1) is 0 Å². The summed E-state index contributed by atoms with van der Waals surface area (Å²) < 4.78 is 0. The summed E-state index contributed by atoms with van der Waals surface area (Å²) in [5.41, 5.74) is 1.12. The van der Waals surface area contributed by atoms with Gasteiger partial charge in [-0.1, -0.05) is 6.07 Å². The first-order valence-corrected chi connectivity index (χ1v) is 5.69. The van der Waals surface area contributed by atoms with Gasteiger partial charge in [-0.25, -0.2) is 0 Å². The Balaban J connectivity index is 1.95. The summed E-state index contributed by atoms with van der Waals surface area (Å²) >= 11 is 0. The van der Waals surface area contributed by atoms with Gasteiger partial charge >= 0.3 is 0 Å². The maximum absolute atomic E-state index is 9.40. The zero-order valence-corrected chi connectivity index (χ0v) is 9.69. The van der Waals surface area contributed by atoms with Crippen molar-refractivity contribution in [2.45, 2.75) is 18.5 Å². The molecule has 88 valence electrons. The lowest BCUT2D eigenvalue weighted by atomic mass is 10.0. The van der Waals surface area contributed by atoms with Crippen molar-refractivity contribution >= 4 is 0 Å². The number of aromatic nitrogens is 1. The molecule has 4 heteroatoms. The van der Waals surface area contributed by atoms with Crippen LogP contribution in [0.3, 0.4) is 0 Å². The summed E-state index contributed by atoms with van der Waals surface area (Å²) in [5, 5.41) is 12.6. The Hall–Kier alpha value is -0.970. The first-order chi connectivity index (χ1) is 7.78. The van der Waals surface area contributed by atoms with Gasteiger partial charge in [-0.2, -0.15) is 0 Å². The van der Waals surface area contributed by atoms with Crippen LogP contribution in [-0.2, 0) is 6.54 Å². The highest BCUT2D eigenvalue weighted by atomic mass is 16.3. The van der Waals surface area contributed by atoms with Crippen LogP contribution in [0.5, 0.6) is 0 Å². The lowest BCUT2D eigenvalue weighted by Gasteiger charge is -2.26. The number of likely N-dealkylation sites (tertiary alicyclic amines) is 1. The average Bonchev–Trinajstić information content (AvgIpc) is 2.75. The predicted octanol–water partition coefficient (Wildman–Crippen LogP) is 0.238. The monoisotopic (exact) mass is 221 g/mol. The number of likely N-dealkylation sites (N-methyl/N-ethyl adjacent to an activating group) is 1. The van der Waals surface area contributed by atoms with Crippen LogP contribution in [0, 0.1) is 0 Å². The van der Waals surface area contributed by atoms with Crippen molar-refractivity contribution in [1.82, 2.24) is 15.2 Å². The molecule has 2 N–H and O–H groups in total. The molecule has 0 radical (unpaired) electrons. The zero-order chi connectivity index (χ0) is 11.4. The third kappa shape index (κ3) is 2.40. The average molecular weight is 221 g/mol. The van der Waals surface area contributed by atoms with E-state index in [4.69, 9.17) is 0 Å². The zero-order valence-electron chi connectivity index (χ0n) is 9.69. The normalized spacial score (nSPS) is 26.1. The number of pyridine rings is 1. The number of aliphatic hydroxyl groups excluding tert-OH is 1. The van der Waals surface area contributed by atoms with Crippen LogP contribution in [0.15, 0.2) is 24.5 Å². The lowest BCUT2D eigenvalue weighted by molar-refractivity contribution is 0.167. The highest BCUT2D eigenvalue weighted by Gasteiger charge is 2.35. The predicted molar refractivity (Wildman–Crippen MR) is 63.0 cm³/mol. The fourth-order valence-electron chi connectivity index (χ4n) is 2.26. The lowest BCUT2D eigenvalue weighted by Crippen LogP contribution is -2.48. The van der Waals surface area contributed by atoms with E-state index < -0.39 is 0 Å². The molecule has 1 aliphatic rings. The number of hydrogen-bond donors (Lipinski definition) is 2. The molecule has 4 nitrogen and oxygen atoms in total. The smallest absolute Gasteiger partial charge is 0.0626 e. The topological polar surface area (TPSA) is 48.4 Å². The molecule has 0 spiro atoms. The summed E-state index contributed by atoms with van der Waals surface area (Å²) in [6.45, 7) is 3.04. The Bertz CT molecular complexity index is 324. The molecule has 0 bridgehead atoms. The van der Waals surface area contributed by atoms with Crippen molar-refractivity contribution in [3.63, 3.8) is 0 Å². The molecule has 16 heavy (non-hydrogen) atoms. The number of rotatable bonds is 4. The van der Waals surface area contributed by atoms with Crippen LogP contribution in [0.25, 0.3) is 0 Å². The SMILES string of the molecule is CNC1(CO)CCN(Cc2cccnc2)C1. The Morgan fingerprint density at radius 1 is 1.62 bits per heavy atom. The number of hydrogen-bond acceptors (Lipinski definition) is 4. The van der Waals surface area contributed by atoms with Crippen LogP contribution < -0.4 is 5.32 Å². The summed E-state index contributed by atoms with van der Waals surface area (Å²) in [6, 6.07) is 4.05. The van der Waals surface area contributed by atoms with Gasteiger partial charge in [-0.3, -0.25) is 9.88 Å². The molecule has 2 rings (SSSR count). The Morgan fingerprint density at radius 3 is 3.06 bits per heavy atom. The highest BCUT2D eigenvalue weighted by molar-refractivity contribution is 5.09. The van der Waals surface area contributed by atoms with E-state index in [2.05, 4.69) is 21.3 Å². The Kier molecular flexibility index (Phi) is 3.53. The highest BCUT2D eigenvalue weighted by Crippen LogP contribution is 2.21. The quantitative estimate of drug-likeness (QED) is 0.764. The summed E-state index contributed by atoms with van der Waals surface area (Å²) in [7, 11) is 1.92. The van der Waals surface area contributed by atoms with E-state index in [9.17, 15) is 5.11 Å². The maximum atomic E-state index is 9.40. The van der Waals surface area contributed by atoms with Gasteiger partial charge in [0.05, 0.1) is 12.1 Å². The molecule has 2 heterocycles. The molecule has 0 saturated carbocycles. The fraction of sp³-hybridized carbons (Fsp3) is 0.583. The largest absolute Gasteiger partial charge is 0.394 e. The molecule has 1 unspecified atom stereocenters. The summed E-state index contributed by atoms with van der Waals surface area (Å²) in [5.74, 6) is 0. The minimum atomic E-state index is -0.109. The van der Waals surface area contributed by atoms with Crippen LogP contribution >= 0.6 is 0 Å². The van der Waals surface area contributed by atoms with Crippen LogP contribution in [0.4, 0.5) is 0 Å². The van der Waals surface area contributed by atoms with Crippen molar-refractivity contribution < 1.29 is 5.11 Å². The third-order valence-electron chi connectivity index (χ3n) is 3.39. The van der Waals surface area contributed by atoms with Crippen molar-refractivity contribution in [1.29, 1.82) is 0 Å². The standard InChI is InChI=1S/C12H19N3O/c1-13-12(10-16)4-6-15(9-12)8-11-3-2-5-14-7-11/h2-3,5,7,13,16H,4,6,8-10H2,1H3. The fourth-order valence-corrected chi connectivity index (χ4v) is 2.26. The summed E-state index contributed by atoms with van der Waals surface area (Å²) in [4.78, 5) is 6.46. The molecule has 1 aromatic rings. The molecule has 1 fully saturated rings. The second-order valence-corrected chi connectivity index (χ2v) is 4.51. The van der Waals surface area contributed by atoms with Crippen LogP contribution in [0.2, 0.25) is 0 Å². The molecule has 0 aliphatic carbocycles. The molecule has 1 aliphatic heterocycles. The Labute approximate surface area is 96.3 Å². The van der Waals surface area contributed by atoms with Crippen LogP contribution in [0.1, 0.15) is 12.0 Å².